The Morgan fingerprint density at radius 3 is 2.69 bits per heavy atom. The zero-order valence-corrected chi connectivity index (χ0v) is 14.9. The number of pyridine rings is 1. The maximum absolute atomic E-state index is 12.1. The quantitative estimate of drug-likeness (QED) is 0.534. The van der Waals surface area contributed by atoms with E-state index in [0.717, 1.165) is 5.69 Å². The van der Waals surface area contributed by atoms with Crippen LogP contribution >= 0.6 is 11.8 Å². The molecule has 1 aromatic carbocycles. The van der Waals surface area contributed by atoms with Crippen LogP contribution in [0.5, 0.6) is 0 Å². The topological polar surface area (TPSA) is 77.1 Å². The van der Waals surface area contributed by atoms with Crippen LogP contribution in [0.1, 0.15) is 6.92 Å². The summed E-state index contributed by atoms with van der Waals surface area (Å²) in [5, 5.41) is 11.9. The smallest absolute Gasteiger partial charge is 0.234 e. The Morgan fingerprint density at radius 2 is 2.04 bits per heavy atom. The second-order valence-corrected chi connectivity index (χ2v) is 6.21. The highest BCUT2D eigenvalue weighted by Gasteiger charge is 2.15. The third-order valence-corrected chi connectivity index (χ3v) is 4.50. The lowest BCUT2D eigenvalue weighted by Crippen LogP contribution is -2.14. The van der Waals surface area contributed by atoms with E-state index in [2.05, 4.69) is 25.3 Å². The number of carbonyl (C=O) groups excluding carboxylic acids is 1. The highest BCUT2D eigenvalue weighted by Crippen LogP contribution is 2.24. The molecule has 0 aliphatic heterocycles. The molecule has 8 heteroatoms. The summed E-state index contributed by atoms with van der Waals surface area (Å²) in [5.74, 6) is 0.750. The molecule has 0 bridgehead atoms. The van der Waals surface area contributed by atoms with Gasteiger partial charge in [-0.15, -0.1) is 10.2 Å². The molecule has 0 atom stereocenters. The summed E-state index contributed by atoms with van der Waals surface area (Å²) in [4.78, 5) is 19.7. The van der Waals surface area contributed by atoms with Gasteiger partial charge in [0, 0.05) is 18.4 Å². The number of amides is 1. The number of benzene rings is 1. The molecule has 2 aromatic heterocycles. The summed E-state index contributed by atoms with van der Waals surface area (Å²) in [5.41, 5.74) is 1.88. The van der Waals surface area contributed by atoms with Gasteiger partial charge in [-0.2, -0.15) is 0 Å². The van der Waals surface area contributed by atoms with Crippen LogP contribution in [0.15, 0.2) is 53.8 Å². The van der Waals surface area contributed by atoms with Crippen molar-refractivity contribution in [3.05, 3.63) is 60.1 Å². The number of hydrogen-bond acceptors (Lipinski definition) is 5. The van der Waals surface area contributed by atoms with Crippen LogP contribution < -0.4 is 5.32 Å². The maximum Gasteiger partial charge on any atom is 0.234 e. The van der Waals surface area contributed by atoms with Crippen molar-refractivity contribution in [3.8, 4) is 11.5 Å². The first-order chi connectivity index (χ1) is 12.7. The monoisotopic (exact) mass is 364 g/mol. The summed E-state index contributed by atoms with van der Waals surface area (Å²) < 4.78 is 1.90. The fourth-order valence-corrected chi connectivity index (χ4v) is 3.11. The van der Waals surface area contributed by atoms with Crippen LogP contribution in [-0.4, -0.2) is 31.4 Å². The van der Waals surface area contributed by atoms with Crippen LogP contribution in [0, 0.1) is 6.57 Å². The molecule has 1 amide bonds. The average molecular weight is 364 g/mol. The summed E-state index contributed by atoms with van der Waals surface area (Å²) in [6.07, 6.45) is 1.51. The van der Waals surface area contributed by atoms with Gasteiger partial charge in [-0.05, 0) is 25.1 Å². The molecule has 0 unspecified atom stereocenters. The van der Waals surface area contributed by atoms with Crippen molar-refractivity contribution >= 4 is 29.0 Å². The summed E-state index contributed by atoms with van der Waals surface area (Å²) >= 11 is 1.32. The van der Waals surface area contributed by atoms with Gasteiger partial charge in [0.15, 0.2) is 11.0 Å². The minimum Gasteiger partial charge on any atom is -0.325 e. The molecule has 0 fully saturated rings. The van der Waals surface area contributed by atoms with Crippen molar-refractivity contribution < 1.29 is 4.79 Å². The van der Waals surface area contributed by atoms with Crippen molar-refractivity contribution in [1.29, 1.82) is 0 Å². The van der Waals surface area contributed by atoms with Gasteiger partial charge in [-0.25, -0.2) is 4.85 Å². The van der Waals surface area contributed by atoms with Crippen LogP contribution in [0.25, 0.3) is 16.4 Å². The van der Waals surface area contributed by atoms with Gasteiger partial charge in [-0.1, -0.05) is 36.0 Å². The SMILES string of the molecule is [C-]#[N+]c1ccc(-c2nnc(SCC(=O)Nc3ccccc3)n2CC)nc1. The second kappa shape index (κ2) is 8.27. The largest absolute Gasteiger partial charge is 0.325 e. The fourth-order valence-electron chi connectivity index (χ4n) is 2.30. The number of aromatic nitrogens is 4. The van der Waals surface area contributed by atoms with Crippen molar-refractivity contribution in [2.24, 2.45) is 0 Å². The van der Waals surface area contributed by atoms with Crippen LogP contribution in [-0.2, 0) is 11.3 Å². The molecule has 3 rings (SSSR count). The van der Waals surface area contributed by atoms with E-state index in [1.807, 2.05) is 41.8 Å². The van der Waals surface area contributed by atoms with Gasteiger partial charge >= 0.3 is 0 Å². The van der Waals surface area contributed by atoms with E-state index >= 15 is 0 Å². The molecule has 0 aliphatic rings. The Bertz CT molecular complexity index is 931. The average Bonchev–Trinajstić information content (AvgIpc) is 3.10. The van der Waals surface area contributed by atoms with Crippen molar-refractivity contribution in [2.75, 3.05) is 11.1 Å². The van der Waals surface area contributed by atoms with Crippen LogP contribution in [0.2, 0.25) is 0 Å². The molecule has 1 N–H and O–H groups in total. The Hall–Kier alpha value is -3.18. The molecule has 2 heterocycles. The number of thioether (sulfide) groups is 1. The minimum atomic E-state index is -0.104. The molecule has 7 nitrogen and oxygen atoms in total. The third kappa shape index (κ3) is 4.07. The molecule has 130 valence electrons. The zero-order valence-electron chi connectivity index (χ0n) is 14.1. The second-order valence-electron chi connectivity index (χ2n) is 5.27. The first kappa shape index (κ1) is 17.6. The molecule has 0 aliphatic carbocycles. The summed E-state index contributed by atoms with van der Waals surface area (Å²) in [7, 11) is 0. The normalized spacial score (nSPS) is 10.3. The van der Waals surface area contributed by atoms with Gasteiger partial charge in [-0.3, -0.25) is 9.78 Å². The van der Waals surface area contributed by atoms with Gasteiger partial charge in [0.2, 0.25) is 11.6 Å². The molecule has 3 aromatic rings. The predicted molar refractivity (Wildman–Crippen MR) is 101 cm³/mol. The molecule has 0 spiro atoms. The van der Waals surface area contributed by atoms with Gasteiger partial charge in [0.25, 0.3) is 0 Å². The number of hydrogen-bond donors (Lipinski definition) is 1. The molecule has 26 heavy (non-hydrogen) atoms. The lowest BCUT2D eigenvalue weighted by atomic mass is 10.3. The Morgan fingerprint density at radius 1 is 1.23 bits per heavy atom. The Balaban J connectivity index is 1.70. The van der Waals surface area contributed by atoms with E-state index in [0.29, 0.717) is 28.9 Å². The molecule has 0 saturated heterocycles. The lowest BCUT2D eigenvalue weighted by molar-refractivity contribution is -0.113. The zero-order chi connectivity index (χ0) is 18.4. The van der Waals surface area contributed by atoms with Gasteiger partial charge < -0.3 is 9.88 Å². The summed E-state index contributed by atoms with van der Waals surface area (Å²) in [6.45, 7) is 9.62. The number of carbonyl (C=O) groups is 1. The molecular weight excluding hydrogens is 348 g/mol. The van der Waals surface area contributed by atoms with E-state index < -0.39 is 0 Å². The number of para-hydroxylation sites is 1. The predicted octanol–water partition coefficient (Wildman–Crippen LogP) is 3.64. The van der Waals surface area contributed by atoms with Crippen LogP contribution in [0.3, 0.4) is 0 Å². The highest BCUT2D eigenvalue weighted by atomic mass is 32.2. The first-order valence-electron chi connectivity index (χ1n) is 7.96. The van der Waals surface area contributed by atoms with Crippen molar-refractivity contribution in [2.45, 2.75) is 18.6 Å². The van der Waals surface area contributed by atoms with Crippen molar-refractivity contribution in [3.63, 3.8) is 0 Å². The minimum absolute atomic E-state index is 0.104. The van der Waals surface area contributed by atoms with Crippen molar-refractivity contribution in [1.82, 2.24) is 19.7 Å². The maximum atomic E-state index is 12.1. The van der Waals surface area contributed by atoms with E-state index in [1.165, 1.54) is 18.0 Å². The van der Waals surface area contributed by atoms with Gasteiger partial charge in [0.1, 0.15) is 5.69 Å². The number of nitrogens with zero attached hydrogens (tertiary/aromatic N) is 5. The molecular formula is C18H16N6OS. The first-order valence-corrected chi connectivity index (χ1v) is 8.94. The van der Waals surface area contributed by atoms with E-state index in [4.69, 9.17) is 6.57 Å². The lowest BCUT2D eigenvalue weighted by Gasteiger charge is -2.07. The van der Waals surface area contributed by atoms with E-state index in [1.54, 1.807) is 12.1 Å². The van der Waals surface area contributed by atoms with E-state index in [-0.39, 0.29) is 11.7 Å². The number of anilines is 1. The third-order valence-electron chi connectivity index (χ3n) is 3.53. The summed E-state index contributed by atoms with van der Waals surface area (Å²) in [6, 6.07) is 12.8. The fraction of sp³-hybridized carbons (Fsp3) is 0.167. The Kier molecular flexibility index (Phi) is 5.61. The molecule has 0 saturated carbocycles. The van der Waals surface area contributed by atoms with Crippen LogP contribution in [0.4, 0.5) is 11.4 Å². The van der Waals surface area contributed by atoms with E-state index in [9.17, 15) is 4.79 Å². The number of nitrogens with one attached hydrogen (secondary N) is 1. The Labute approximate surface area is 155 Å². The van der Waals surface area contributed by atoms with Gasteiger partial charge in [0.05, 0.1) is 12.3 Å². The molecule has 0 radical (unpaired) electrons. The number of rotatable bonds is 6. The standard InChI is InChI=1S/C18H16N6OS/c1-3-24-17(15-10-9-14(19-2)11-20-15)22-23-18(24)26-12-16(25)21-13-7-5-4-6-8-13/h4-11H,3,12H2,1H3,(H,21,25). The highest BCUT2D eigenvalue weighted by molar-refractivity contribution is 7.99.